The van der Waals surface area contributed by atoms with Crippen molar-refractivity contribution in [3.8, 4) is 23.0 Å². The number of benzene rings is 3. The Labute approximate surface area is 218 Å². The molecule has 0 atom stereocenters. The third-order valence-corrected chi connectivity index (χ3v) is 7.51. The molecule has 3 aromatic rings. The largest absolute Gasteiger partial charge is 0.493 e. The van der Waals surface area contributed by atoms with Gasteiger partial charge in [-0.3, -0.25) is 9.10 Å². The van der Waals surface area contributed by atoms with Crippen molar-refractivity contribution in [2.45, 2.75) is 18.2 Å². The number of nitrogens with one attached hydrogen (secondary N) is 1. The van der Waals surface area contributed by atoms with Crippen LogP contribution in [0.2, 0.25) is 0 Å². The normalized spacial score (nSPS) is 10.9. The van der Waals surface area contributed by atoms with E-state index in [1.807, 2.05) is 19.1 Å². The van der Waals surface area contributed by atoms with Crippen molar-refractivity contribution in [2.75, 3.05) is 45.8 Å². The molecule has 3 aromatic carbocycles. The Hall–Kier alpha value is -3.92. The first-order chi connectivity index (χ1) is 17.7. The molecule has 3 rings (SSSR count). The minimum absolute atomic E-state index is 0.0242. The van der Waals surface area contributed by atoms with E-state index >= 15 is 0 Å². The number of methoxy groups -OCH3 is 4. The number of amides is 1. The SMILES string of the molecule is COc1ccc(CCNC(=O)CN(c2ccc(C)cc2)S(=O)(=O)c2ccc(OC)c(OC)c2)cc1OC. The minimum Gasteiger partial charge on any atom is -0.493 e. The third kappa shape index (κ3) is 6.65. The highest BCUT2D eigenvalue weighted by atomic mass is 32.2. The lowest BCUT2D eigenvalue weighted by Gasteiger charge is -2.24. The van der Waals surface area contributed by atoms with E-state index in [9.17, 15) is 13.2 Å². The fourth-order valence-electron chi connectivity index (χ4n) is 3.70. The number of sulfonamides is 1. The van der Waals surface area contributed by atoms with Crippen LogP contribution in [0.15, 0.2) is 65.6 Å². The Bertz CT molecular complexity index is 1330. The predicted molar refractivity (Wildman–Crippen MR) is 142 cm³/mol. The average molecular weight is 529 g/mol. The predicted octanol–water partition coefficient (Wildman–Crippen LogP) is 3.58. The highest BCUT2D eigenvalue weighted by Crippen LogP contribution is 2.32. The summed E-state index contributed by atoms with van der Waals surface area (Å²) in [6.45, 7) is 1.82. The molecular weight excluding hydrogens is 496 g/mol. The number of hydrogen-bond acceptors (Lipinski definition) is 7. The number of carbonyl (C=O) groups excluding carboxylic acids is 1. The van der Waals surface area contributed by atoms with Crippen LogP contribution in [0.4, 0.5) is 5.69 Å². The summed E-state index contributed by atoms with van der Waals surface area (Å²) in [5, 5.41) is 2.81. The maximum absolute atomic E-state index is 13.7. The maximum atomic E-state index is 13.7. The number of ether oxygens (including phenoxy) is 4. The van der Waals surface area contributed by atoms with Crippen molar-refractivity contribution >= 4 is 21.6 Å². The van der Waals surface area contributed by atoms with Gasteiger partial charge < -0.3 is 24.3 Å². The Kier molecular flexibility index (Phi) is 9.24. The van der Waals surface area contributed by atoms with Crippen molar-refractivity contribution in [1.29, 1.82) is 0 Å². The summed E-state index contributed by atoms with van der Waals surface area (Å²) in [7, 11) is 1.91. The lowest BCUT2D eigenvalue weighted by atomic mass is 10.1. The summed E-state index contributed by atoms with van der Waals surface area (Å²) < 4.78 is 49.5. The lowest BCUT2D eigenvalue weighted by molar-refractivity contribution is -0.119. The van der Waals surface area contributed by atoms with Gasteiger partial charge in [0.25, 0.3) is 10.0 Å². The van der Waals surface area contributed by atoms with Gasteiger partial charge in [0, 0.05) is 12.6 Å². The lowest BCUT2D eigenvalue weighted by Crippen LogP contribution is -2.41. The van der Waals surface area contributed by atoms with Crippen LogP contribution in [0.25, 0.3) is 0 Å². The van der Waals surface area contributed by atoms with Crippen molar-refractivity contribution in [3.05, 3.63) is 71.8 Å². The van der Waals surface area contributed by atoms with Gasteiger partial charge >= 0.3 is 0 Å². The van der Waals surface area contributed by atoms with E-state index in [0.717, 1.165) is 15.4 Å². The second kappa shape index (κ2) is 12.4. The molecule has 0 bridgehead atoms. The molecule has 1 N–H and O–H groups in total. The van der Waals surface area contributed by atoms with E-state index in [4.69, 9.17) is 18.9 Å². The van der Waals surface area contributed by atoms with E-state index in [-0.39, 0.29) is 10.6 Å². The highest BCUT2D eigenvalue weighted by Gasteiger charge is 2.28. The fourth-order valence-corrected chi connectivity index (χ4v) is 5.14. The van der Waals surface area contributed by atoms with Crippen molar-refractivity contribution in [1.82, 2.24) is 5.32 Å². The molecule has 10 heteroatoms. The van der Waals surface area contributed by atoms with Crippen LogP contribution in [0.3, 0.4) is 0 Å². The van der Waals surface area contributed by atoms with Crippen molar-refractivity contribution in [2.24, 2.45) is 0 Å². The zero-order valence-electron chi connectivity index (χ0n) is 21.6. The van der Waals surface area contributed by atoms with Gasteiger partial charge in [-0.05, 0) is 55.3 Å². The van der Waals surface area contributed by atoms with Crippen LogP contribution < -0.4 is 28.6 Å². The van der Waals surface area contributed by atoms with Gasteiger partial charge in [-0.2, -0.15) is 0 Å². The summed E-state index contributed by atoms with van der Waals surface area (Å²) in [4.78, 5) is 12.9. The van der Waals surface area contributed by atoms with Gasteiger partial charge in [-0.25, -0.2) is 8.42 Å². The van der Waals surface area contributed by atoms with Gasteiger partial charge in [0.15, 0.2) is 23.0 Å². The van der Waals surface area contributed by atoms with Gasteiger partial charge in [-0.15, -0.1) is 0 Å². The first-order valence-corrected chi connectivity index (χ1v) is 13.0. The molecule has 0 saturated heterocycles. The maximum Gasteiger partial charge on any atom is 0.264 e. The summed E-state index contributed by atoms with van der Waals surface area (Å²) in [5.74, 6) is 1.44. The Morgan fingerprint density at radius 1 is 0.784 bits per heavy atom. The van der Waals surface area contributed by atoms with Crippen molar-refractivity contribution < 1.29 is 32.2 Å². The van der Waals surface area contributed by atoms with Crippen LogP contribution in [-0.4, -0.2) is 55.9 Å². The molecule has 1 amide bonds. The molecule has 0 saturated carbocycles. The van der Waals surface area contributed by atoms with Crippen LogP contribution >= 0.6 is 0 Å². The summed E-state index contributed by atoms with van der Waals surface area (Å²) in [5.41, 5.74) is 2.27. The molecule has 0 aliphatic carbocycles. The summed E-state index contributed by atoms with van der Waals surface area (Å²) >= 11 is 0. The Morgan fingerprint density at radius 2 is 1.35 bits per heavy atom. The summed E-state index contributed by atoms with van der Waals surface area (Å²) in [6, 6.07) is 16.8. The van der Waals surface area contributed by atoms with E-state index in [1.54, 1.807) is 44.6 Å². The zero-order chi connectivity index (χ0) is 27.0. The number of carbonyl (C=O) groups is 1. The topological polar surface area (TPSA) is 103 Å². The fraction of sp³-hybridized carbons (Fsp3) is 0.296. The quantitative estimate of drug-likeness (QED) is 0.383. The molecule has 9 nitrogen and oxygen atoms in total. The van der Waals surface area contributed by atoms with Gasteiger partial charge in [0.1, 0.15) is 6.54 Å². The number of nitrogens with zero attached hydrogens (tertiary/aromatic N) is 1. The molecule has 0 heterocycles. The minimum atomic E-state index is -4.11. The second-order valence-electron chi connectivity index (χ2n) is 8.15. The van der Waals surface area contributed by atoms with Crippen molar-refractivity contribution in [3.63, 3.8) is 0 Å². The smallest absolute Gasteiger partial charge is 0.264 e. The standard InChI is InChI=1S/C27H32N2O7S/c1-19-6-9-21(10-7-19)29(37(31,32)22-11-13-24(34-3)26(17-22)36-5)18-27(30)28-15-14-20-8-12-23(33-2)25(16-20)35-4/h6-13,16-17H,14-15,18H2,1-5H3,(H,28,30). The molecule has 37 heavy (non-hydrogen) atoms. The molecule has 0 radical (unpaired) electrons. The highest BCUT2D eigenvalue weighted by molar-refractivity contribution is 7.92. The monoisotopic (exact) mass is 528 g/mol. The summed E-state index contributed by atoms with van der Waals surface area (Å²) in [6.07, 6.45) is 0.527. The van der Waals surface area contributed by atoms with E-state index in [2.05, 4.69) is 5.32 Å². The van der Waals surface area contributed by atoms with Crippen LogP contribution in [-0.2, 0) is 21.2 Å². The average Bonchev–Trinajstić information content (AvgIpc) is 2.91. The van der Waals surface area contributed by atoms with Gasteiger partial charge in [0.2, 0.25) is 5.91 Å². The Morgan fingerprint density at radius 3 is 1.95 bits per heavy atom. The van der Waals surface area contributed by atoms with E-state index < -0.39 is 22.5 Å². The first kappa shape index (κ1) is 27.7. The van der Waals surface area contributed by atoms with Crippen LogP contribution in [0.5, 0.6) is 23.0 Å². The molecule has 0 aromatic heterocycles. The van der Waals surface area contributed by atoms with Gasteiger partial charge in [0.05, 0.1) is 39.0 Å². The van der Waals surface area contributed by atoms with E-state index in [1.165, 1.54) is 32.4 Å². The number of hydrogen-bond donors (Lipinski definition) is 1. The number of rotatable bonds is 12. The number of anilines is 1. The first-order valence-electron chi connectivity index (χ1n) is 11.5. The van der Waals surface area contributed by atoms with Gasteiger partial charge in [-0.1, -0.05) is 23.8 Å². The molecule has 0 unspecified atom stereocenters. The molecule has 0 spiro atoms. The molecule has 0 aliphatic rings. The number of aryl methyl sites for hydroxylation is 1. The molecule has 198 valence electrons. The molecule has 0 aliphatic heterocycles. The van der Waals surface area contributed by atoms with E-state index in [0.29, 0.717) is 35.9 Å². The molecular formula is C27H32N2O7S. The second-order valence-corrected chi connectivity index (χ2v) is 10.0. The van der Waals surface area contributed by atoms with Crippen LogP contribution in [0.1, 0.15) is 11.1 Å². The third-order valence-electron chi connectivity index (χ3n) is 5.74. The zero-order valence-corrected chi connectivity index (χ0v) is 22.4. The molecule has 0 fully saturated rings. The van der Waals surface area contributed by atoms with Crippen LogP contribution in [0, 0.1) is 6.92 Å². The Balaban J connectivity index is 1.80.